The van der Waals surface area contributed by atoms with Gasteiger partial charge < -0.3 is 0 Å². The number of thiophene rings is 1. The van der Waals surface area contributed by atoms with Crippen molar-refractivity contribution in [3.05, 3.63) is 17.0 Å². The lowest BCUT2D eigenvalue weighted by atomic mass is 10.1. The summed E-state index contributed by atoms with van der Waals surface area (Å²) >= 11 is 1.05. The summed E-state index contributed by atoms with van der Waals surface area (Å²) in [7, 11) is -3.57. The van der Waals surface area contributed by atoms with Crippen LogP contribution in [-0.4, -0.2) is 14.0 Å². The Bertz CT molecular complexity index is 489. The van der Waals surface area contributed by atoms with Gasteiger partial charge in [-0.15, -0.1) is 11.3 Å². The van der Waals surface area contributed by atoms with Crippen LogP contribution in [0.4, 0.5) is 0 Å². The molecule has 0 saturated carbocycles. The zero-order chi connectivity index (χ0) is 11.7. The minimum atomic E-state index is -3.57. The van der Waals surface area contributed by atoms with Crippen LogP contribution in [0.25, 0.3) is 0 Å². The van der Waals surface area contributed by atoms with Crippen molar-refractivity contribution in [2.24, 2.45) is 0 Å². The van der Waals surface area contributed by atoms with Crippen molar-refractivity contribution in [3.8, 4) is 6.07 Å². The predicted molar refractivity (Wildman–Crippen MR) is 59.1 cm³/mol. The maximum absolute atomic E-state index is 11.8. The molecule has 0 aromatic carbocycles. The Morgan fingerprint density at radius 1 is 1.47 bits per heavy atom. The highest BCUT2D eigenvalue weighted by molar-refractivity contribution is 7.91. The molecular weight excluding hydrogens is 232 g/mol. The summed E-state index contributed by atoms with van der Waals surface area (Å²) in [5, 5.41) is 10.3. The van der Waals surface area contributed by atoms with Gasteiger partial charge in [-0.3, -0.25) is 0 Å². The van der Waals surface area contributed by atoms with Crippen molar-refractivity contribution in [3.63, 3.8) is 0 Å². The summed E-state index contributed by atoms with van der Waals surface area (Å²) in [4.78, 5) is 0. The van der Waals surface area contributed by atoms with Crippen LogP contribution >= 0.6 is 11.3 Å². The summed E-state index contributed by atoms with van der Waals surface area (Å²) < 4.78 is 26.3. The van der Waals surface area contributed by atoms with E-state index in [1.54, 1.807) is 26.2 Å². The Morgan fingerprint density at radius 2 is 2.07 bits per heavy atom. The molecule has 15 heavy (non-hydrogen) atoms. The minimum absolute atomic E-state index is 0.0833. The van der Waals surface area contributed by atoms with Gasteiger partial charge in [0.2, 0.25) is 0 Å². The number of rotatable bonds is 2. The topological polar surface area (TPSA) is 70.0 Å². The van der Waals surface area contributed by atoms with Crippen LogP contribution in [0.15, 0.2) is 15.7 Å². The molecule has 82 valence electrons. The molecule has 1 N–H and O–H groups in total. The predicted octanol–water partition coefficient (Wildman–Crippen LogP) is 1.70. The van der Waals surface area contributed by atoms with E-state index in [1.165, 1.54) is 6.07 Å². The standard InChI is InChI=1S/C9H12N2O2S2/c1-9(2,3)11-15(12,13)8-7(6-10)4-5-14-8/h4-5,11H,1-3H3. The van der Waals surface area contributed by atoms with Gasteiger partial charge in [0.1, 0.15) is 6.07 Å². The molecule has 1 aromatic rings. The van der Waals surface area contributed by atoms with Crippen LogP contribution in [0.5, 0.6) is 0 Å². The molecule has 0 saturated heterocycles. The van der Waals surface area contributed by atoms with Crippen LogP contribution in [0, 0.1) is 11.3 Å². The summed E-state index contributed by atoms with van der Waals surface area (Å²) in [5.74, 6) is 0. The highest BCUT2D eigenvalue weighted by Crippen LogP contribution is 2.22. The summed E-state index contributed by atoms with van der Waals surface area (Å²) in [6, 6.07) is 3.36. The van der Waals surface area contributed by atoms with Crippen LogP contribution in [-0.2, 0) is 10.0 Å². The fraction of sp³-hybridized carbons (Fsp3) is 0.444. The van der Waals surface area contributed by atoms with E-state index in [-0.39, 0.29) is 9.77 Å². The Hall–Kier alpha value is -0.900. The smallest absolute Gasteiger partial charge is 0.206 e. The summed E-state index contributed by atoms with van der Waals surface area (Å²) in [6.45, 7) is 5.26. The largest absolute Gasteiger partial charge is 0.251 e. The molecule has 0 fully saturated rings. The fourth-order valence-electron chi connectivity index (χ4n) is 1.04. The molecule has 0 unspecified atom stereocenters. The zero-order valence-electron chi connectivity index (χ0n) is 8.73. The van der Waals surface area contributed by atoms with Crippen molar-refractivity contribution in [2.75, 3.05) is 0 Å². The monoisotopic (exact) mass is 244 g/mol. The van der Waals surface area contributed by atoms with E-state index >= 15 is 0 Å². The van der Waals surface area contributed by atoms with Gasteiger partial charge in [-0.25, -0.2) is 13.1 Å². The van der Waals surface area contributed by atoms with E-state index in [0.29, 0.717) is 0 Å². The molecule has 0 aliphatic carbocycles. The quantitative estimate of drug-likeness (QED) is 0.860. The highest BCUT2D eigenvalue weighted by atomic mass is 32.2. The number of sulfonamides is 1. The Kier molecular flexibility index (Phi) is 3.19. The van der Waals surface area contributed by atoms with Crippen molar-refractivity contribution in [2.45, 2.75) is 30.5 Å². The molecule has 0 radical (unpaired) electrons. The lowest BCUT2D eigenvalue weighted by Gasteiger charge is -2.19. The molecule has 1 heterocycles. The Balaban J connectivity index is 3.14. The third-order valence-electron chi connectivity index (χ3n) is 1.43. The second kappa shape index (κ2) is 3.93. The Labute approximate surface area is 93.6 Å². The van der Waals surface area contributed by atoms with Gasteiger partial charge >= 0.3 is 0 Å². The number of nitriles is 1. The molecule has 1 rings (SSSR count). The first-order valence-corrected chi connectivity index (χ1v) is 6.64. The summed E-state index contributed by atoms with van der Waals surface area (Å²) in [6.07, 6.45) is 0. The lowest BCUT2D eigenvalue weighted by molar-refractivity contribution is 0.492. The third kappa shape index (κ3) is 3.02. The Morgan fingerprint density at radius 3 is 2.53 bits per heavy atom. The average Bonchev–Trinajstić information content (AvgIpc) is 2.46. The van der Waals surface area contributed by atoms with Crippen LogP contribution in [0.1, 0.15) is 26.3 Å². The van der Waals surface area contributed by atoms with Gasteiger partial charge in [0, 0.05) is 5.54 Å². The normalized spacial score (nSPS) is 12.4. The average molecular weight is 244 g/mol. The highest BCUT2D eigenvalue weighted by Gasteiger charge is 2.25. The van der Waals surface area contributed by atoms with Crippen LogP contribution < -0.4 is 4.72 Å². The maximum Gasteiger partial charge on any atom is 0.251 e. The first-order valence-electron chi connectivity index (χ1n) is 4.28. The molecule has 0 aliphatic rings. The van der Waals surface area contributed by atoms with Crippen molar-refractivity contribution in [1.29, 1.82) is 5.26 Å². The molecule has 4 nitrogen and oxygen atoms in total. The van der Waals surface area contributed by atoms with E-state index in [9.17, 15) is 8.42 Å². The first kappa shape index (κ1) is 12.2. The van der Waals surface area contributed by atoms with Gasteiger partial charge in [0.25, 0.3) is 10.0 Å². The maximum atomic E-state index is 11.8. The zero-order valence-corrected chi connectivity index (χ0v) is 10.4. The molecular formula is C9H12N2O2S2. The summed E-state index contributed by atoms with van der Waals surface area (Å²) in [5.41, 5.74) is -0.355. The molecule has 0 spiro atoms. The van der Waals surface area contributed by atoms with E-state index in [1.807, 2.05) is 6.07 Å². The SMILES string of the molecule is CC(C)(C)NS(=O)(=O)c1sccc1C#N. The molecule has 1 aromatic heterocycles. The third-order valence-corrected chi connectivity index (χ3v) is 4.68. The van der Waals surface area contributed by atoms with Crippen LogP contribution in [0.3, 0.4) is 0 Å². The number of nitrogens with one attached hydrogen (secondary N) is 1. The van der Waals surface area contributed by atoms with Gasteiger partial charge in [0.05, 0.1) is 5.56 Å². The van der Waals surface area contributed by atoms with E-state index in [0.717, 1.165) is 11.3 Å². The van der Waals surface area contributed by atoms with Crippen molar-refractivity contribution in [1.82, 2.24) is 4.72 Å². The second-order valence-corrected chi connectivity index (χ2v) is 6.88. The van der Waals surface area contributed by atoms with Gasteiger partial charge in [0.15, 0.2) is 4.21 Å². The number of nitrogens with zero attached hydrogens (tertiary/aromatic N) is 1. The number of hydrogen-bond acceptors (Lipinski definition) is 4. The number of hydrogen-bond donors (Lipinski definition) is 1. The van der Waals surface area contributed by atoms with E-state index < -0.39 is 15.6 Å². The molecule has 0 atom stereocenters. The molecule has 6 heteroatoms. The first-order chi connectivity index (χ1) is 6.76. The van der Waals surface area contributed by atoms with E-state index in [4.69, 9.17) is 5.26 Å². The fourth-order valence-corrected chi connectivity index (χ4v) is 3.70. The van der Waals surface area contributed by atoms with E-state index in [2.05, 4.69) is 4.72 Å². The molecule has 0 bridgehead atoms. The van der Waals surface area contributed by atoms with Gasteiger partial charge in [-0.2, -0.15) is 5.26 Å². The van der Waals surface area contributed by atoms with Crippen molar-refractivity contribution >= 4 is 21.4 Å². The van der Waals surface area contributed by atoms with Crippen molar-refractivity contribution < 1.29 is 8.42 Å². The van der Waals surface area contributed by atoms with Gasteiger partial charge in [-0.05, 0) is 32.2 Å². The minimum Gasteiger partial charge on any atom is -0.206 e. The lowest BCUT2D eigenvalue weighted by Crippen LogP contribution is -2.40. The second-order valence-electron chi connectivity index (χ2n) is 4.09. The van der Waals surface area contributed by atoms with Gasteiger partial charge in [-0.1, -0.05) is 0 Å². The molecule has 0 aliphatic heterocycles. The molecule has 0 amide bonds. The van der Waals surface area contributed by atoms with Crippen LogP contribution in [0.2, 0.25) is 0 Å².